The lowest BCUT2D eigenvalue weighted by molar-refractivity contribution is 1.52. The molecule has 0 radical (unpaired) electrons. The summed E-state index contributed by atoms with van der Waals surface area (Å²) < 4.78 is 0. The summed E-state index contributed by atoms with van der Waals surface area (Å²) in [5.74, 6) is 0. The molecule has 1 atom stereocenters. The molecule has 3 heteroatoms. The summed E-state index contributed by atoms with van der Waals surface area (Å²) in [6.07, 6.45) is 0. The number of aryl methyl sites for hydroxylation is 1. The van der Waals surface area contributed by atoms with Crippen LogP contribution in [0.3, 0.4) is 0 Å². The predicted molar refractivity (Wildman–Crippen MR) is 52.2 cm³/mol. The molecule has 0 aromatic heterocycles. The zero-order chi connectivity index (χ0) is 6.69. The van der Waals surface area contributed by atoms with E-state index in [1.165, 1.54) is 10.9 Å². The second-order valence-corrected chi connectivity index (χ2v) is 3.20. The van der Waals surface area contributed by atoms with Gasteiger partial charge in [-0.2, -0.15) is 0 Å². The zero-order valence-corrected chi connectivity index (χ0v) is 8.17. The molecule has 0 aliphatic heterocycles. The van der Waals surface area contributed by atoms with Crippen molar-refractivity contribution in [1.29, 1.82) is 0 Å². The first-order chi connectivity index (χ1) is 4.34. The van der Waals surface area contributed by atoms with Crippen LogP contribution in [0.1, 0.15) is 5.56 Å². The Morgan fingerprint density at radius 2 is 1.90 bits per heavy atom. The number of hydrogen-bond donors (Lipinski definition) is 0. The molecule has 0 fully saturated rings. The molecule has 0 aliphatic rings. The van der Waals surface area contributed by atoms with Crippen LogP contribution in [0, 0.1) is 6.92 Å². The molecule has 1 rings (SSSR count). The fourth-order valence-electron chi connectivity index (χ4n) is 0.679. The summed E-state index contributed by atoms with van der Waals surface area (Å²) in [6.45, 7) is 2.07. The largest absolute Gasteiger partial charge is 0.147 e. The molecule has 0 saturated carbocycles. The smallest absolute Gasteiger partial charge is 0.00686 e. The highest BCUT2D eigenvalue weighted by Gasteiger charge is 1.91. The van der Waals surface area contributed by atoms with E-state index in [1.807, 2.05) is 12.1 Å². The Kier molecular flexibility index (Phi) is 5.07. The Morgan fingerprint density at radius 3 is 2.30 bits per heavy atom. The first-order valence-electron chi connectivity index (χ1n) is 2.77. The fourth-order valence-corrected chi connectivity index (χ4v) is 1.71. The van der Waals surface area contributed by atoms with Crippen molar-refractivity contribution in [2.24, 2.45) is 0 Å². The average molecular weight is 195 g/mol. The molecule has 0 heterocycles. The van der Waals surface area contributed by atoms with Gasteiger partial charge in [0, 0.05) is 7.93 Å². The lowest BCUT2D eigenvalue weighted by atomic mass is 10.2. The van der Waals surface area contributed by atoms with E-state index < -0.39 is 0 Å². The van der Waals surface area contributed by atoms with Crippen LogP contribution in [-0.4, -0.2) is 0 Å². The standard InChI is InChI=1S/C7H8ClP.ClH/c1-6-4-2-3-5-7(6)9-8;/h2-5,9H,1H3;1H. The van der Waals surface area contributed by atoms with Crippen LogP contribution in [0.4, 0.5) is 0 Å². The van der Waals surface area contributed by atoms with Crippen LogP contribution in [0.25, 0.3) is 0 Å². The minimum Gasteiger partial charge on any atom is -0.147 e. The van der Waals surface area contributed by atoms with Crippen LogP contribution in [0.2, 0.25) is 0 Å². The molecule has 1 aromatic rings. The first-order valence-corrected chi connectivity index (χ1v) is 4.78. The van der Waals surface area contributed by atoms with Crippen molar-refractivity contribution in [3.8, 4) is 0 Å². The maximum Gasteiger partial charge on any atom is 0.00686 e. The minimum atomic E-state index is 0. The highest BCUT2D eigenvalue weighted by atomic mass is 35.7. The van der Waals surface area contributed by atoms with Gasteiger partial charge in [0.1, 0.15) is 0 Å². The molecular weight excluding hydrogens is 186 g/mol. The Morgan fingerprint density at radius 1 is 1.30 bits per heavy atom. The van der Waals surface area contributed by atoms with Crippen LogP contribution in [0.15, 0.2) is 24.3 Å². The van der Waals surface area contributed by atoms with E-state index in [1.54, 1.807) is 0 Å². The van der Waals surface area contributed by atoms with Gasteiger partial charge in [0.25, 0.3) is 0 Å². The van der Waals surface area contributed by atoms with Crippen molar-refractivity contribution in [3.63, 3.8) is 0 Å². The molecular formula is C7H9Cl2P. The van der Waals surface area contributed by atoms with Crippen molar-refractivity contribution in [3.05, 3.63) is 29.8 Å². The molecule has 0 bridgehead atoms. The first kappa shape index (κ1) is 10.2. The molecule has 0 nitrogen and oxygen atoms in total. The van der Waals surface area contributed by atoms with Crippen molar-refractivity contribution < 1.29 is 0 Å². The Labute approximate surface area is 74.0 Å². The van der Waals surface area contributed by atoms with Crippen molar-refractivity contribution >= 4 is 36.9 Å². The van der Waals surface area contributed by atoms with Crippen LogP contribution < -0.4 is 5.30 Å². The molecule has 0 N–H and O–H groups in total. The van der Waals surface area contributed by atoms with E-state index in [4.69, 9.17) is 11.2 Å². The SMILES string of the molecule is Cc1ccccc1PCl.Cl. The fraction of sp³-hybridized carbons (Fsp3) is 0.143. The van der Waals surface area contributed by atoms with E-state index in [9.17, 15) is 0 Å². The Balaban J connectivity index is 0.000000810. The van der Waals surface area contributed by atoms with Gasteiger partial charge in [0.05, 0.1) is 0 Å². The van der Waals surface area contributed by atoms with Gasteiger partial charge in [-0.3, -0.25) is 0 Å². The monoisotopic (exact) mass is 194 g/mol. The van der Waals surface area contributed by atoms with Crippen molar-refractivity contribution in [2.75, 3.05) is 0 Å². The number of benzene rings is 1. The van der Waals surface area contributed by atoms with Crippen LogP contribution >= 0.6 is 31.6 Å². The molecule has 0 aliphatic carbocycles. The van der Waals surface area contributed by atoms with E-state index in [0.717, 1.165) is 0 Å². The lowest BCUT2D eigenvalue weighted by Gasteiger charge is -1.96. The highest BCUT2D eigenvalue weighted by molar-refractivity contribution is 7.75. The Bertz CT molecular complexity index is 201. The van der Waals surface area contributed by atoms with Crippen LogP contribution in [0.5, 0.6) is 0 Å². The van der Waals surface area contributed by atoms with E-state index in [-0.39, 0.29) is 12.4 Å². The summed E-state index contributed by atoms with van der Waals surface area (Å²) in [6, 6.07) is 8.17. The number of rotatable bonds is 1. The molecule has 1 unspecified atom stereocenters. The molecule has 1 aromatic carbocycles. The molecule has 0 saturated heterocycles. The topological polar surface area (TPSA) is 0 Å². The minimum absolute atomic E-state index is 0. The van der Waals surface area contributed by atoms with E-state index in [0.29, 0.717) is 7.93 Å². The second-order valence-electron chi connectivity index (χ2n) is 1.91. The summed E-state index contributed by atoms with van der Waals surface area (Å²) >= 11 is 5.66. The van der Waals surface area contributed by atoms with Gasteiger partial charge in [0.15, 0.2) is 0 Å². The summed E-state index contributed by atoms with van der Waals surface area (Å²) in [5, 5.41) is 1.25. The normalized spacial score (nSPS) is 9.80. The van der Waals surface area contributed by atoms with Gasteiger partial charge in [-0.15, -0.1) is 12.4 Å². The van der Waals surface area contributed by atoms with Gasteiger partial charge < -0.3 is 0 Å². The third-order valence-corrected chi connectivity index (χ3v) is 2.62. The average Bonchev–Trinajstić information content (AvgIpc) is 1.89. The second kappa shape index (κ2) is 4.96. The summed E-state index contributed by atoms with van der Waals surface area (Å²) in [4.78, 5) is 0. The number of halogens is 2. The lowest BCUT2D eigenvalue weighted by Crippen LogP contribution is -1.94. The van der Waals surface area contributed by atoms with Crippen molar-refractivity contribution in [2.45, 2.75) is 6.92 Å². The van der Waals surface area contributed by atoms with E-state index >= 15 is 0 Å². The van der Waals surface area contributed by atoms with Crippen LogP contribution in [-0.2, 0) is 0 Å². The molecule has 10 heavy (non-hydrogen) atoms. The third-order valence-electron chi connectivity index (χ3n) is 1.25. The molecule has 0 spiro atoms. The quantitative estimate of drug-likeness (QED) is 0.604. The van der Waals surface area contributed by atoms with Gasteiger partial charge >= 0.3 is 0 Å². The third kappa shape index (κ3) is 2.46. The van der Waals surface area contributed by atoms with Crippen molar-refractivity contribution in [1.82, 2.24) is 0 Å². The Hall–Kier alpha value is 0.230. The highest BCUT2D eigenvalue weighted by Crippen LogP contribution is 2.16. The molecule has 56 valence electrons. The number of hydrogen-bond acceptors (Lipinski definition) is 0. The van der Waals surface area contributed by atoms with Gasteiger partial charge in [-0.1, -0.05) is 35.5 Å². The van der Waals surface area contributed by atoms with Gasteiger partial charge in [0.2, 0.25) is 0 Å². The predicted octanol–water partition coefficient (Wildman–Crippen LogP) is 2.87. The summed E-state index contributed by atoms with van der Waals surface area (Å²) in [5.41, 5.74) is 1.28. The zero-order valence-electron chi connectivity index (χ0n) is 5.60. The summed E-state index contributed by atoms with van der Waals surface area (Å²) in [7, 11) is 0.401. The van der Waals surface area contributed by atoms with Gasteiger partial charge in [-0.25, -0.2) is 0 Å². The molecule has 0 amide bonds. The van der Waals surface area contributed by atoms with Gasteiger partial charge in [-0.05, 0) is 17.8 Å². The maximum absolute atomic E-state index is 5.66. The maximum atomic E-state index is 5.66. The van der Waals surface area contributed by atoms with E-state index in [2.05, 4.69) is 19.1 Å².